The lowest BCUT2D eigenvalue weighted by Crippen LogP contribution is -2.41. The minimum absolute atomic E-state index is 0.164. The number of aromatic amines is 1. The Morgan fingerprint density at radius 2 is 1.90 bits per heavy atom. The highest BCUT2D eigenvalue weighted by Gasteiger charge is 2.34. The monoisotopic (exact) mass is 422 g/mol. The molecule has 0 spiro atoms. The number of likely N-dealkylation sites (tertiary alicyclic amines) is 1. The van der Waals surface area contributed by atoms with Crippen molar-refractivity contribution in [3.05, 3.63) is 65.9 Å². The van der Waals surface area contributed by atoms with Gasteiger partial charge in [0.05, 0.1) is 13.0 Å². The molecule has 4 rings (SSSR count). The van der Waals surface area contributed by atoms with Gasteiger partial charge in [0.2, 0.25) is 0 Å². The fourth-order valence-electron chi connectivity index (χ4n) is 4.23. The molecule has 7 nitrogen and oxygen atoms in total. The van der Waals surface area contributed by atoms with Crippen LogP contribution in [-0.4, -0.2) is 47.1 Å². The van der Waals surface area contributed by atoms with Crippen molar-refractivity contribution in [1.82, 2.24) is 9.88 Å². The maximum absolute atomic E-state index is 12.2. The van der Waals surface area contributed by atoms with Gasteiger partial charge < -0.3 is 19.6 Å². The van der Waals surface area contributed by atoms with E-state index in [-0.39, 0.29) is 11.9 Å². The number of esters is 1. The molecule has 3 aromatic rings. The van der Waals surface area contributed by atoms with Gasteiger partial charge in [-0.2, -0.15) is 0 Å². The number of rotatable bonds is 7. The topological polar surface area (TPSA) is 91.9 Å². The predicted octanol–water partition coefficient (Wildman–Crippen LogP) is 3.76. The lowest BCUT2D eigenvalue weighted by Gasteiger charge is -2.34. The number of methoxy groups -OCH3 is 1. The number of ether oxygens (including phenoxy) is 2. The van der Waals surface area contributed by atoms with Crippen molar-refractivity contribution in [3.63, 3.8) is 0 Å². The molecule has 2 aromatic carbocycles. The van der Waals surface area contributed by atoms with Gasteiger partial charge in [0.25, 0.3) is 0 Å². The van der Waals surface area contributed by atoms with Crippen LogP contribution in [0.4, 0.5) is 0 Å². The Hall–Kier alpha value is -3.32. The average Bonchev–Trinajstić information content (AvgIpc) is 3.21. The number of hydrogen-bond acceptors (Lipinski definition) is 5. The number of nitrogens with one attached hydrogen (secondary N) is 1. The van der Waals surface area contributed by atoms with Gasteiger partial charge in [-0.05, 0) is 30.5 Å². The Morgan fingerprint density at radius 3 is 2.58 bits per heavy atom. The Kier molecular flexibility index (Phi) is 6.23. The van der Waals surface area contributed by atoms with Crippen LogP contribution in [0, 0.1) is 5.92 Å². The number of fused-ring (bicyclic) bond motifs is 1. The zero-order valence-electron chi connectivity index (χ0n) is 17.4. The van der Waals surface area contributed by atoms with Crippen molar-refractivity contribution >= 4 is 22.8 Å². The minimum Gasteiger partial charge on any atom is -0.489 e. The highest BCUT2D eigenvalue weighted by molar-refractivity contribution is 5.90. The number of aromatic nitrogens is 1. The van der Waals surface area contributed by atoms with E-state index in [1.54, 1.807) is 6.20 Å². The number of H-pyrrole nitrogens is 1. The molecule has 2 heterocycles. The number of hydrogen-bond donors (Lipinski definition) is 2. The highest BCUT2D eigenvalue weighted by Crippen LogP contribution is 2.33. The van der Waals surface area contributed by atoms with Gasteiger partial charge in [-0.25, -0.2) is 0 Å². The lowest BCUT2D eigenvalue weighted by atomic mass is 9.94. The molecule has 1 aliphatic heterocycles. The highest BCUT2D eigenvalue weighted by atomic mass is 16.5. The molecule has 0 aliphatic carbocycles. The van der Waals surface area contributed by atoms with Crippen LogP contribution in [0.1, 0.15) is 30.0 Å². The number of nitrogens with zero attached hydrogens (tertiary/aromatic N) is 1. The minimum atomic E-state index is -0.901. The fourth-order valence-corrected chi connectivity index (χ4v) is 4.23. The first-order chi connectivity index (χ1) is 15.1. The largest absolute Gasteiger partial charge is 0.489 e. The molecule has 31 heavy (non-hydrogen) atoms. The zero-order valence-corrected chi connectivity index (χ0v) is 17.4. The molecule has 1 fully saturated rings. The van der Waals surface area contributed by atoms with Crippen molar-refractivity contribution in [2.45, 2.75) is 25.5 Å². The fraction of sp³-hybridized carbons (Fsp3) is 0.333. The third kappa shape index (κ3) is 4.56. The molecule has 1 atom stereocenters. The van der Waals surface area contributed by atoms with Crippen molar-refractivity contribution in [3.8, 4) is 5.75 Å². The Bertz CT molecular complexity index is 1050. The number of carbonyl (C=O) groups is 2. The van der Waals surface area contributed by atoms with E-state index in [1.165, 1.54) is 7.11 Å². The second-order valence-corrected chi connectivity index (χ2v) is 7.80. The lowest BCUT2D eigenvalue weighted by molar-refractivity contribution is -0.148. The summed E-state index contributed by atoms with van der Waals surface area (Å²) >= 11 is 0. The Labute approximate surface area is 180 Å². The maximum Gasteiger partial charge on any atom is 0.325 e. The van der Waals surface area contributed by atoms with Gasteiger partial charge in [0, 0.05) is 41.8 Å². The van der Waals surface area contributed by atoms with Crippen molar-refractivity contribution in [2.75, 3.05) is 20.2 Å². The summed E-state index contributed by atoms with van der Waals surface area (Å²) in [7, 11) is 1.39. The SMILES string of the molecule is COC(=O)C1CCN([C@H](C(=O)O)c2c[nH]c3cc(OCc4ccccc4)ccc23)CC1. The van der Waals surface area contributed by atoms with Gasteiger partial charge >= 0.3 is 11.9 Å². The normalized spacial score (nSPS) is 16.2. The third-order valence-electron chi connectivity index (χ3n) is 5.89. The maximum atomic E-state index is 12.2. The van der Waals surface area contributed by atoms with E-state index in [2.05, 4.69) is 4.98 Å². The number of carbonyl (C=O) groups excluding carboxylic acids is 1. The van der Waals surface area contributed by atoms with Gasteiger partial charge in [0.1, 0.15) is 18.4 Å². The molecule has 0 amide bonds. The molecule has 0 unspecified atom stereocenters. The number of carboxylic acids is 1. The summed E-state index contributed by atoms with van der Waals surface area (Å²) in [5, 5.41) is 10.8. The number of benzene rings is 2. The molecule has 7 heteroatoms. The van der Waals surface area contributed by atoms with Crippen LogP contribution in [0.15, 0.2) is 54.7 Å². The van der Waals surface area contributed by atoms with Gasteiger partial charge in [-0.15, -0.1) is 0 Å². The molecule has 0 radical (unpaired) electrons. The molecule has 1 aliphatic rings. The number of aliphatic carboxylic acids is 1. The second-order valence-electron chi connectivity index (χ2n) is 7.80. The van der Waals surface area contributed by atoms with E-state index in [4.69, 9.17) is 9.47 Å². The van der Waals surface area contributed by atoms with Gasteiger partial charge in [0.15, 0.2) is 0 Å². The first kappa shape index (κ1) is 20.9. The average molecular weight is 422 g/mol. The van der Waals surface area contributed by atoms with Crippen LogP contribution in [0.3, 0.4) is 0 Å². The molecule has 1 aromatic heterocycles. The van der Waals surface area contributed by atoms with Crippen molar-refractivity contribution in [2.24, 2.45) is 5.92 Å². The smallest absolute Gasteiger partial charge is 0.325 e. The number of piperidine rings is 1. The Morgan fingerprint density at radius 1 is 1.16 bits per heavy atom. The van der Waals surface area contributed by atoms with E-state index in [0.717, 1.165) is 22.2 Å². The molecule has 1 saturated heterocycles. The van der Waals surface area contributed by atoms with E-state index in [9.17, 15) is 14.7 Å². The van der Waals surface area contributed by atoms with Crippen molar-refractivity contribution in [1.29, 1.82) is 0 Å². The Balaban J connectivity index is 1.50. The summed E-state index contributed by atoms with van der Waals surface area (Å²) in [6.07, 6.45) is 2.95. The predicted molar refractivity (Wildman–Crippen MR) is 116 cm³/mol. The molecule has 0 saturated carbocycles. The molecule has 0 bridgehead atoms. The summed E-state index contributed by atoms with van der Waals surface area (Å²) in [6.45, 7) is 1.52. The summed E-state index contributed by atoms with van der Waals surface area (Å²) in [5.41, 5.74) is 2.63. The van der Waals surface area contributed by atoms with E-state index >= 15 is 0 Å². The second kappa shape index (κ2) is 9.22. The molecule has 162 valence electrons. The first-order valence-corrected chi connectivity index (χ1v) is 10.4. The summed E-state index contributed by atoms with van der Waals surface area (Å²) in [5.74, 6) is -0.568. The summed E-state index contributed by atoms with van der Waals surface area (Å²) in [6, 6.07) is 14.8. The zero-order chi connectivity index (χ0) is 21.8. The van der Waals surface area contributed by atoms with E-state index < -0.39 is 12.0 Å². The van der Waals surface area contributed by atoms with Crippen LogP contribution >= 0.6 is 0 Å². The van der Waals surface area contributed by atoms with Crippen LogP contribution in [0.5, 0.6) is 5.75 Å². The summed E-state index contributed by atoms with van der Waals surface area (Å²) in [4.78, 5) is 29.1. The quantitative estimate of drug-likeness (QED) is 0.564. The molecular formula is C24H26N2O5. The van der Waals surface area contributed by atoms with E-state index in [1.807, 2.05) is 53.4 Å². The van der Waals surface area contributed by atoms with Crippen molar-refractivity contribution < 1.29 is 24.2 Å². The van der Waals surface area contributed by atoms with Crippen LogP contribution < -0.4 is 4.74 Å². The summed E-state index contributed by atoms with van der Waals surface area (Å²) < 4.78 is 10.7. The third-order valence-corrected chi connectivity index (χ3v) is 5.89. The van der Waals surface area contributed by atoms with Gasteiger partial charge in [-0.1, -0.05) is 30.3 Å². The van der Waals surface area contributed by atoms with Crippen LogP contribution in [-0.2, 0) is 20.9 Å². The van der Waals surface area contributed by atoms with E-state index in [0.29, 0.717) is 38.1 Å². The molecule has 2 N–H and O–H groups in total. The standard InChI is InChI=1S/C24H26N2O5/c1-30-24(29)17-9-11-26(12-10-17)22(23(27)28)20-14-25-21-13-18(7-8-19(20)21)31-15-16-5-3-2-4-6-16/h2-8,13-14,17,22,25H,9-12,15H2,1H3,(H,27,28)/t22-/m0/s1. The molecular weight excluding hydrogens is 396 g/mol. The van der Waals surface area contributed by atoms with Crippen LogP contribution in [0.2, 0.25) is 0 Å². The first-order valence-electron chi connectivity index (χ1n) is 10.4. The number of carboxylic acid groups (broad SMARTS) is 1. The van der Waals surface area contributed by atoms with Crippen LogP contribution in [0.25, 0.3) is 10.9 Å². The van der Waals surface area contributed by atoms with Gasteiger partial charge in [-0.3, -0.25) is 14.5 Å².